The van der Waals surface area contributed by atoms with Crippen LogP contribution in [-0.2, 0) is 13.6 Å². The van der Waals surface area contributed by atoms with Crippen LogP contribution in [0.2, 0.25) is 0 Å². The fraction of sp³-hybridized carbons (Fsp3) is 1.00. The van der Waals surface area contributed by atoms with Gasteiger partial charge in [0.15, 0.2) is 0 Å². The highest BCUT2D eigenvalue weighted by atomic mass is 31.2. The van der Waals surface area contributed by atoms with Gasteiger partial charge in [0.25, 0.3) is 7.82 Å². The molecule has 0 spiro atoms. The summed E-state index contributed by atoms with van der Waals surface area (Å²) in [6, 6.07) is 0. The molecule has 1 unspecified atom stereocenters. The van der Waals surface area contributed by atoms with Gasteiger partial charge in [0.2, 0.25) is 0 Å². The number of unbranched alkanes of at least 4 members (excludes halogenated alkanes) is 7. The summed E-state index contributed by atoms with van der Waals surface area (Å²) < 4.78 is 21.0. The zero-order chi connectivity index (χ0) is 15.3. The van der Waals surface area contributed by atoms with E-state index in [4.69, 9.17) is 9.05 Å². The SMILES string of the molecule is CCCCCCCCCCOP(=O)([O-])OCC[NH+](C)C. The Morgan fingerprint density at radius 3 is 1.95 bits per heavy atom. The highest BCUT2D eigenvalue weighted by Crippen LogP contribution is 2.37. The number of rotatable bonds is 14. The van der Waals surface area contributed by atoms with E-state index in [0.717, 1.165) is 24.2 Å². The maximum atomic E-state index is 11.4. The standard InChI is InChI=1S/C14H32NO4P/c1-4-5-6-7-8-9-10-11-13-18-20(16,17)19-14-12-15(2)3/h4-14H2,1-3H3,(H,16,17). The predicted octanol–water partition coefficient (Wildman–Crippen LogP) is 1.77. The molecule has 0 aromatic rings. The first-order valence-electron chi connectivity index (χ1n) is 7.87. The van der Waals surface area contributed by atoms with Crippen molar-refractivity contribution in [2.24, 2.45) is 0 Å². The minimum atomic E-state index is -4.08. The van der Waals surface area contributed by atoms with Crippen LogP contribution in [-0.4, -0.2) is 33.9 Å². The van der Waals surface area contributed by atoms with Crippen LogP contribution in [0.1, 0.15) is 58.3 Å². The fourth-order valence-corrected chi connectivity index (χ4v) is 2.55. The van der Waals surface area contributed by atoms with Gasteiger partial charge in [-0.3, -0.25) is 4.57 Å². The van der Waals surface area contributed by atoms with E-state index in [1.54, 1.807) is 0 Å². The summed E-state index contributed by atoms with van der Waals surface area (Å²) in [6.45, 7) is 3.28. The number of phosphoric ester groups is 1. The minimum absolute atomic E-state index is 0.181. The number of hydrogen-bond donors (Lipinski definition) is 1. The first-order valence-corrected chi connectivity index (χ1v) is 9.33. The van der Waals surface area contributed by atoms with Gasteiger partial charge in [0, 0.05) is 0 Å². The summed E-state index contributed by atoms with van der Waals surface area (Å²) in [4.78, 5) is 12.5. The van der Waals surface area contributed by atoms with Crippen molar-refractivity contribution in [3.05, 3.63) is 0 Å². The van der Waals surface area contributed by atoms with Gasteiger partial charge >= 0.3 is 0 Å². The molecule has 5 nitrogen and oxygen atoms in total. The average molecular weight is 309 g/mol. The molecule has 0 aromatic carbocycles. The van der Waals surface area contributed by atoms with Crippen LogP contribution in [0, 0.1) is 0 Å². The number of nitrogens with one attached hydrogen (secondary N) is 1. The van der Waals surface area contributed by atoms with E-state index in [2.05, 4.69) is 6.92 Å². The number of hydrogen-bond acceptors (Lipinski definition) is 4. The second kappa shape index (κ2) is 12.8. The molecule has 6 heteroatoms. The Balaban J connectivity index is 3.37. The van der Waals surface area contributed by atoms with E-state index in [-0.39, 0.29) is 13.2 Å². The van der Waals surface area contributed by atoms with E-state index in [9.17, 15) is 9.46 Å². The van der Waals surface area contributed by atoms with Crippen molar-refractivity contribution in [1.29, 1.82) is 0 Å². The molecule has 0 amide bonds. The van der Waals surface area contributed by atoms with Gasteiger partial charge in [-0.25, -0.2) is 0 Å². The molecule has 0 fully saturated rings. The lowest BCUT2D eigenvalue weighted by Gasteiger charge is -2.22. The largest absolute Gasteiger partial charge is 0.756 e. The topological polar surface area (TPSA) is 63.0 Å². The van der Waals surface area contributed by atoms with Crippen molar-refractivity contribution in [3.8, 4) is 0 Å². The third-order valence-electron chi connectivity index (χ3n) is 3.10. The van der Waals surface area contributed by atoms with Gasteiger partial charge in [-0.1, -0.05) is 51.9 Å². The van der Waals surface area contributed by atoms with Gasteiger partial charge in [0.1, 0.15) is 13.2 Å². The molecule has 0 aliphatic carbocycles. The maximum absolute atomic E-state index is 11.4. The minimum Gasteiger partial charge on any atom is -0.756 e. The third-order valence-corrected chi connectivity index (χ3v) is 4.10. The normalized spacial score (nSPS) is 14.7. The molecule has 122 valence electrons. The Morgan fingerprint density at radius 1 is 0.900 bits per heavy atom. The highest BCUT2D eigenvalue weighted by molar-refractivity contribution is 7.45. The molecule has 0 saturated carbocycles. The monoisotopic (exact) mass is 309 g/mol. The average Bonchev–Trinajstić information content (AvgIpc) is 2.36. The quantitative estimate of drug-likeness (QED) is 0.392. The first-order chi connectivity index (χ1) is 9.48. The summed E-state index contributed by atoms with van der Waals surface area (Å²) in [5, 5.41) is 0. The van der Waals surface area contributed by atoms with Crippen molar-refractivity contribution < 1.29 is 23.4 Å². The molecule has 0 aliphatic heterocycles. The summed E-state index contributed by atoms with van der Waals surface area (Å²) in [7, 11) is -0.193. The Bertz CT molecular complexity index is 262. The number of phosphoric acid groups is 1. The van der Waals surface area contributed by atoms with Crippen molar-refractivity contribution in [1.82, 2.24) is 0 Å². The molecular formula is C14H32NO4P. The van der Waals surface area contributed by atoms with E-state index in [0.29, 0.717) is 6.54 Å². The van der Waals surface area contributed by atoms with Crippen molar-refractivity contribution >= 4 is 7.82 Å². The molecule has 0 radical (unpaired) electrons. The second-order valence-electron chi connectivity index (χ2n) is 5.55. The summed E-state index contributed by atoms with van der Waals surface area (Å²) in [5.41, 5.74) is 0. The molecule has 0 rings (SSSR count). The van der Waals surface area contributed by atoms with Crippen LogP contribution in [0.4, 0.5) is 0 Å². The van der Waals surface area contributed by atoms with Gasteiger partial charge in [-0.15, -0.1) is 0 Å². The van der Waals surface area contributed by atoms with Crippen LogP contribution < -0.4 is 9.79 Å². The lowest BCUT2D eigenvalue weighted by Crippen LogP contribution is -3.06. The number of quaternary nitrogens is 1. The van der Waals surface area contributed by atoms with Gasteiger partial charge in [-0.05, 0) is 6.42 Å². The zero-order valence-electron chi connectivity index (χ0n) is 13.4. The zero-order valence-corrected chi connectivity index (χ0v) is 14.3. The first kappa shape index (κ1) is 20.1. The maximum Gasteiger partial charge on any atom is 0.268 e. The van der Waals surface area contributed by atoms with Crippen LogP contribution in [0.5, 0.6) is 0 Å². The van der Waals surface area contributed by atoms with E-state index in [1.165, 1.54) is 32.1 Å². The van der Waals surface area contributed by atoms with Crippen LogP contribution in [0.15, 0.2) is 0 Å². The lowest BCUT2D eigenvalue weighted by molar-refractivity contribution is -0.858. The van der Waals surface area contributed by atoms with Gasteiger partial charge < -0.3 is 18.8 Å². The summed E-state index contributed by atoms with van der Waals surface area (Å²) in [5.74, 6) is 0. The molecule has 1 atom stereocenters. The molecule has 0 aromatic heterocycles. The van der Waals surface area contributed by atoms with E-state index in [1.807, 2.05) is 14.1 Å². The van der Waals surface area contributed by atoms with Crippen molar-refractivity contribution in [2.75, 3.05) is 33.9 Å². The molecule has 20 heavy (non-hydrogen) atoms. The second-order valence-corrected chi connectivity index (χ2v) is 6.96. The van der Waals surface area contributed by atoms with Gasteiger partial charge in [-0.2, -0.15) is 0 Å². The van der Waals surface area contributed by atoms with E-state index >= 15 is 0 Å². The molecule has 1 N–H and O–H groups in total. The predicted molar refractivity (Wildman–Crippen MR) is 79.8 cm³/mol. The molecule has 0 bridgehead atoms. The van der Waals surface area contributed by atoms with Gasteiger partial charge in [0.05, 0.1) is 20.7 Å². The van der Waals surface area contributed by atoms with Crippen molar-refractivity contribution in [2.45, 2.75) is 58.3 Å². The Hall–Kier alpha value is 0.0700. The van der Waals surface area contributed by atoms with Crippen molar-refractivity contribution in [3.63, 3.8) is 0 Å². The smallest absolute Gasteiger partial charge is 0.268 e. The lowest BCUT2D eigenvalue weighted by atomic mass is 10.1. The summed E-state index contributed by atoms with van der Waals surface area (Å²) >= 11 is 0. The highest BCUT2D eigenvalue weighted by Gasteiger charge is 2.09. The Morgan fingerprint density at radius 2 is 1.40 bits per heavy atom. The summed E-state index contributed by atoms with van der Waals surface area (Å²) in [6.07, 6.45) is 9.36. The Kier molecular flexibility index (Phi) is 12.8. The molecule has 0 aliphatic rings. The van der Waals surface area contributed by atoms with Crippen LogP contribution in [0.25, 0.3) is 0 Å². The molecule has 0 saturated heterocycles. The Labute approximate surface area is 124 Å². The van der Waals surface area contributed by atoms with Crippen LogP contribution >= 0.6 is 7.82 Å². The molecular weight excluding hydrogens is 277 g/mol. The van der Waals surface area contributed by atoms with Crippen LogP contribution in [0.3, 0.4) is 0 Å². The third kappa shape index (κ3) is 14.5. The van der Waals surface area contributed by atoms with E-state index < -0.39 is 7.82 Å². The molecule has 0 heterocycles. The fourth-order valence-electron chi connectivity index (χ4n) is 1.81. The number of likely N-dealkylation sites (N-methyl/N-ethyl adjacent to an activating group) is 1.